The molecule has 0 aromatic heterocycles. The number of hydrogen-bond acceptors (Lipinski definition) is 1. The molecule has 0 spiro atoms. The van der Waals surface area contributed by atoms with E-state index in [2.05, 4.69) is 11.6 Å². The lowest BCUT2D eigenvalue weighted by Gasteiger charge is -2.01. The molecule has 72 valence electrons. The van der Waals surface area contributed by atoms with Gasteiger partial charge in [-0.25, -0.2) is 0 Å². The van der Waals surface area contributed by atoms with Crippen molar-refractivity contribution in [1.29, 1.82) is 0 Å². The monoisotopic (exact) mass is 185 g/mol. The zero-order valence-corrected chi connectivity index (χ0v) is 8.70. The smallest absolute Gasteiger partial charge is 0.0700 e. The zero-order valence-electron chi connectivity index (χ0n) is 8.70. The van der Waals surface area contributed by atoms with E-state index in [0.29, 0.717) is 0 Å². The van der Waals surface area contributed by atoms with Crippen molar-refractivity contribution in [3.8, 4) is 0 Å². The second-order valence-electron chi connectivity index (χ2n) is 3.13. The molecule has 1 nitrogen and oxygen atoms in total. The molecule has 0 aliphatic heterocycles. The average Bonchev–Trinajstić information content (AvgIpc) is 2.18. The molecule has 0 N–H and O–H groups in total. The molecule has 1 aromatic carbocycles. The third-order valence-corrected chi connectivity index (χ3v) is 1.72. The van der Waals surface area contributed by atoms with Crippen LogP contribution in [-0.2, 0) is 0 Å². The standard InChI is InChI=1S/C13H15N/c1-4-14-13(10-11(2)3)12-8-6-5-7-9-12/h4-10H,2H2,1,3H3/b13-10-,14-4-. The van der Waals surface area contributed by atoms with E-state index in [-0.39, 0.29) is 0 Å². The second-order valence-corrected chi connectivity index (χ2v) is 3.13. The van der Waals surface area contributed by atoms with Crippen molar-refractivity contribution in [3.05, 3.63) is 54.1 Å². The summed E-state index contributed by atoms with van der Waals surface area (Å²) in [5, 5.41) is 0. The van der Waals surface area contributed by atoms with Crippen molar-refractivity contribution in [2.24, 2.45) is 4.99 Å². The van der Waals surface area contributed by atoms with Crippen LogP contribution in [0.5, 0.6) is 0 Å². The van der Waals surface area contributed by atoms with Gasteiger partial charge in [-0.05, 0) is 19.9 Å². The third kappa shape index (κ3) is 3.02. The van der Waals surface area contributed by atoms with Crippen LogP contribution in [-0.4, -0.2) is 6.21 Å². The van der Waals surface area contributed by atoms with Crippen molar-refractivity contribution < 1.29 is 0 Å². The van der Waals surface area contributed by atoms with E-state index < -0.39 is 0 Å². The first-order valence-electron chi connectivity index (χ1n) is 4.65. The first-order valence-corrected chi connectivity index (χ1v) is 4.65. The number of benzene rings is 1. The molecule has 0 fully saturated rings. The maximum absolute atomic E-state index is 4.31. The van der Waals surface area contributed by atoms with E-state index in [1.54, 1.807) is 6.21 Å². The maximum atomic E-state index is 4.31. The molecule has 0 saturated carbocycles. The van der Waals surface area contributed by atoms with Crippen LogP contribution in [0.2, 0.25) is 0 Å². The van der Waals surface area contributed by atoms with Crippen LogP contribution >= 0.6 is 0 Å². The summed E-state index contributed by atoms with van der Waals surface area (Å²) in [6.07, 6.45) is 3.77. The lowest BCUT2D eigenvalue weighted by molar-refractivity contribution is 1.46. The van der Waals surface area contributed by atoms with Crippen molar-refractivity contribution >= 4 is 11.9 Å². The summed E-state index contributed by atoms with van der Waals surface area (Å²) < 4.78 is 0. The molecule has 1 heteroatoms. The normalized spacial score (nSPS) is 12.0. The molecule has 0 aliphatic rings. The Bertz CT molecular complexity index is 358. The molecule has 0 unspecified atom stereocenters. The number of aliphatic imine (C=N–C) groups is 1. The van der Waals surface area contributed by atoms with E-state index in [1.807, 2.05) is 50.3 Å². The Kier molecular flexibility index (Phi) is 3.86. The van der Waals surface area contributed by atoms with Gasteiger partial charge in [0.25, 0.3) is 0 Å². The van der Waals surface area contributed by atoms with E-state index in [4.69, 9.17) is 0 Å². The van der Waals surface area contributed by atoms with Gasteiger partial charge in [-0.1, -0.05) is 42.5 Å². The third-order valence-electron chi connectivity index (χ3n) is 1.72. The minimum atomic E-state index is 0.959. The lowest BCUT2D eigenvalue weighted by atomic mass is 10.1. The summed E-state index contributed by atoms with van der Waals surface area (Å²) in [4.78, 5) is 4.31. The lowest BCUT2D eigenvalue weighted by Crippen LogP contribution is -1.81. The van der Waals surface area contributed by atoms with Gasteiger partial charge in [-0.3, -0.25) is 4.99 Å². The van der Waals surface area contributed by atoms with Gasteiger partial charge >= 0.3 is 0 Å². The van der Waals surface area contributed by atoms with E-state index in [1.165, 1.54) is 0 Å². The Hall–Kier alpha value is -1.63. The number of nitrogens with zero attached hydrogens (tertiary/aromatic N) is 1. The molecule has 0 atom stereocenters. The number of rotatable bonds is 3. The highest BCUT2D eigenvalue weighted by Gasteiger charge is 1.96. The topological polar surface area (TPSA) is 12.4 Å². The van der Waals surface area contributed by atoms with Crippen LogP contribution in [0.4, 0.5) is 0 Å². The van der Waals surface area contributed by atoms with Crippen LogP contribution in [0.3, 0.4) is 0 Å². The molecule has 1 rings (SSSR count). The number of hydrogen-bond donors (Lipinski definition) is 0. The first-order chi connectivity index (χ1) is 6.74. The van der Waals surface area contributed by atoms with Gasteiger partial charge in [-0.15, -0.1) is 0 Å². The Morgan fingerprint density at radius 1 is 1.29 bits per heavy atom. The predicted octanol–water partition coefficient (Wildman–Crippen LogP) is 3.69. The van der Waals surface area contributed by atoms with E-state index in [0.717, 1.165) is 16.8 Å². The summed E-state index contributed by atoms with van der Waals surface area (Å²) in [5.41, 5.74) is 3.09. The Balaban J connectivity index is 3.07. The van der Waals surface area contributed by atoms with Crippen LogP contribution in [0.15, 0.2) is 53.6 Å². The maximum Gasteiger partial charge on any atom is 0.0700 e. The summed E-state index contributed by atoms with van der Waals surface area (Å²) >= 11 is 0. The predicted molar refractivity (Wildman–Crippen MR) is 63.4 cm³/mol. The van der Waals surface area contributed by atoms with Crippen molar-refractivity contribution in [2.45, 2.75) is 13.8 Å². The van der Waals surface area contributed by atoms with Gasteiger partial charge in [0.15, 0.2) is 0 Å². The molecule has 0 amide bonds. The second kappa shape index (κ2) is 5.18. The summed E-state index contributed by atoms with van der Waals surface area (Å²) in [5.74, 6) is 0. The molecule has 1 aromatic rings. The largest absolute Gasteiger partial charge is 0.261 e. The number of allylic oxidation sites excluding steroid dienone is 2. The van der Waals surface area contributed by atoms with Crippen LogP contribution in [0.25, 0.3) is 5.70 Å². The fourth-order valence-corrected chi connectivity index (χ4v) is 1.18. The SMILES string of the molecule is C=C(C)/C=C(\N=C/C)c1ccccc1. The minimum Gasteiger partial charge on any atom is -0.261 e. The van der Waals surface area contributed by atoms with Crippen molar-refractivity contribution in [2.75, 3.05) is 0 Å². The fraction of sp³-hybridized carbons (Fsp3) is 0.154. The van der Waals surface area contributed by atoms with E-state index in [9.17, 15) is 0 Å². The van der Waals surface area contributed by atoms with Gasteiger partial charge in [0, 0.05) is 11.8 Å². The molecule has 0 aliphatic carbocycles. The Morgan fingerprint density at radius 3 is 2.43 bits per heavy atom. The highest BCUT2D eigenvalue weighted by molar-refractivity contribution is 5.74. The Labute approximate surface area is 85.5 Å². The molecular formula is C13H15N. The molecule has 0 bridgehead atoms. The van der Waals surface area contributed by atoms with Crippen LogP contribution < -0.4 is 0 Å². The molecule has 0 saturated heterocycles. The van der Waals surface area contributed by atoms with Crippen molar-refractivity contribution in [1.82, 2.24) is 0 Å². The molecule has 0 heterocycles. The zero-order chi connectivity index (χ0) is 10.4. The van der Waals surface area contributed by atoms with Crippen LogP contribution in [0, 0.1) is 0 Å². The van der Waals surface area contributed by atoms with E-state index >= 15 is 0 Å². The molecular weight excluding hydrogens is 170 g/mol. The first kappa shape index (κ1) is 10.5. The molecule has 14 heavy (non-hydrogen) atoms. The highest BCUT2D eigenvalue weighted by Crippen LogP contribution is 2.16. The quantitative estimate of drug-likeness (QED) is 0.503. The summed E-state index contributed by atoms with van der Waals surface area (Å²) in [6, 6.07) is 10.1. The van der Waals surface area contributed by atoms with Gasteiger partial charge in [0.05, 0.1) is 5.70 Å². The minimum absolute atomic E-state index is 0.959. The van der Waals surface area contributed by atoms with Crippen LogP contribution in [0.1, 0.15) is 19.4 Å². The summed E-state index contributed by atoms with van der Waals surface area (Å²) in [7, 11) is 0. The van der Waals surface area contributed by atoms with Gasteiger partial charge in [-0.2, -0.15) is 0 Å². The Morgan fingerprint density at radius 2 is 1.93 bits per heavy atom. The fourth-order valence-electron chi connectivity index (χ4n) is 1.18. The average molecular weight is 185 g/mol. The van der Waals surface area contributed by atoms with Gasteiger partial charge in [0.1, 0.15) is 0 Å². The summed E-state index contributed by atoms with van der Waals surface area (Å²) in [6.45, 7) is 7.73. The highest BCUT2D eigenvalue weighted by atomic mass is 14.7. The van der Waals surface area contributed by atoms with Crippen molar-refractivity contribution in [3.63, 3.8) is 0 Å². The van der Waals surface area contributed by atoms with Gasteiger partial charge < -0.3 is 0 Å². The molecule has 0 radical (unpaired) electrons. The van der Waals surface area contributed by atoms with Gasteiger partial charge in [0.2, 0.25) is 0 Å².